The van der Waals surface area contributed by atoms with Gasteiger partial charge >= 0.3 is 0 Å². The van der Waals surface area contributed by atoms with Crippen LogP contribution in [0.15, 0.2) is 218 Å². The highest BCUT2D eigenvalue weighted by atomic mass is 32.1. The minimum absolute atomic E-state index is 0.111. The highest BCUT2D eigenvalue weighted by Gasteiger charge is 2.38. The van der Waals surface area contributed by atoms with Crippen molar-refractivity contribution in [1.82, 2.24) is 0 Å². The van der Waals surface area contributed by atoms with Gasteiger partial charge in [-0.15, -0.1) is 11.3 Å². The molecule has 1 heterocycles. The molecular formula is C65H42S. The number of thiophene rings is 1. The molecule has 1 aromatic heterocycles. The number of fused-ring (bicyclic) bond motifs is 12. The predicted octanol–water partition coefficient (Wildman–Crippen LogP) is 18.8. The number of hydrogen-bond acceptors (Lipinski definition) is 1. The summed E-state index contributed by atoms with van der Waals surface area (Å²) in [6, 6.07) is 81.9. The molecular weight excluding hydrogens is 813 g/mol. The second-order valence-electron chi connectivity index (χ2n) is 18.6. The van der Waals surface area contributed by atoms with E-state index in [-0.39, 0.29) is 5.41 Å². The molecule has 0 nitrogen and oxygen atoms in total. The lowest BCUT2D eigenvalue weighted by molar-refractivity contribution is 0.667. The van der Waals surface area contributed by atoms with Gasteiger partial charge in [0.05, 0.1) is 0 Å². The Kier molecular flexibility index (Phi) is 8.00. The second kappa shape index (κ2) is 14.1. The maximum absolute atomic E-state index is 2.47. The van der Waals surface area contributed by atoms with Crippen LogP contribution in [0.4, 0.5) is 0 Å². The van der Waals surface area contributed by atoms with E-state index < -0.39 is 0 Å². The molecule has 12 aromatic carbocycles. The van der Waals surface area contributed by atoms with Gasteiger partial charge in [0.15, 0.2) is 0 Å². The fourth-order valence-electron chi connectivity index (χ4n) is 12.0. The SMILES string of the molecule is CC1(C)c2ccccc2-c2ccc3sc4c(-c5ccc(-c6c7ccccc7c(-c7cccc(-c8cccc9ccccc89)c7)c7ccccc67)c6ccccc56)c5ccccc5cc4c3c21. The van der Waals surface area contributed by atoms with Crippen molar-refractivity contribution in [2.75, 3.05) is 0 Å². The molecule has 0 spiro atoms. The quantitative estimate of drug-likeness (QED) is 0.155. The van der Waals surface area contributed by atoms with Crippen LogP contribution in [0.2, 0.25) is 0 Å². The molecule has 0 bridgehead atoms. The van der Waals surface area contributed by atoms with Crippen LogP contribution in [0.3, 0.4) is 0 Å². The molecule has 0 N–H and O–H groups in total. The topological polar surface area (TPSA) is 0 Å². The van der Waals surface area contributed by atoms with Gasteiger partial charge < -0.3 is 0 Å². The molecule has 66 heavy (non-hydrogen) atoms. The van der Waals surface area contributed by atoms with Gasteiger partial charge in [-0.05, 0) is 133 Å². The highest BCUT2D eigenvalue weighted by Crippen LogP contribution is 2.56. The monoisotopic (exact) mass is 854 g/mol. The molecule has 0 aliphatic heterocycles. The second-order valence-corrected chi connectivity index (χ2v) is 19.7. The van der Waals surface area contributed by atoms with Crippen molar-refractivity contribution in [1.29, 1.82) is 0 Å². The Morgan fingerprint density at radius 2 is 0.833 bits per heavy atom. The van der Waals surface area contributed by atoms with Crippen molar-refractivity contribution < 1.29 is 0 Å². The van der Waals surface area contributed by atoms with Crippen LogP contribution in [0.1, 0.15) is 25.0 Å². The highest BCUT2D eigenvalue weighted by molar-refractivity contribution is 7.26. The van der Waals surface area contributed by atoms with Gasteiger partial charge in [0, 0.05) is 31.2 Å². The summed E-state index contributed by atoms with van der Waals surface area (Å²) in [5.74, 6) is 0. The molecule has 0 saturated carbocycles. The van der Waals surface area contributed by atoms with Crippen molar-refractivity contribution in [2.24, 2.45) is 0 Å². The molecule has 13 aromatic rings. The zero-order chi connectivity index (χ0) is 43.7. The zero-order valence-corrected chi connectivity index (χ0v) is 37.5. The van der Waals surface area contributed by atoms with Crippen LogP contribution in [0, 0.1) is 0 Å². The predicted molar refractivity (Wildman–Crippen MR) is 286 cm³/mol. The van der Waals surface area contributed by atoms with Gasteiger partial charge in [-0.2, -0.15) is 0 Å². The van der Waals surface area contributed by atoms with Gasteiger partial charge in [-0.3, -0.25) is 0 Å². The Morgan fingerprint density at radius 3 is 1.56 bits per heavy atom. The Balaban J connectivity index is 1.01. The average molecular weight is 855 g/mol. The Bertz CT molecular complexity index is 4140. The third-order valence-electron chi connectivity index (χ3n) is 14.8. The maximum Gasteiger partial charge on any atom is 0.0440 e. The molecule has 1 aliphatic carbocycles. The van der Waals surface area contributed by atoms with Crippen LogP contribution in [-0.4, -0.2) is 0 Å². The molecule has 0 radical (unpaired) electrons. The van der Waals surface area contributed by atoms with Gasteiger partial charge in [-0.1, -0.05) is 214 Å². The van der Waals surface area contributed by atoms with Crippen molar-refractivity contribution in [3.63, 3.8) is 0 Å². The summed E-state index contributed by atoms with van der Waals surface area (Å²) < 4.78 is 2.70. The van der Waals surface area contributed by atoms with Gasteiger partial charge in [-0.25, -0.2) is 0 Å². The number of rotatable bonds is 4. The lowest BCUT2D eigenvalue weighted by Crippen LogP contribution is -2.15. The zero-order valence-electron chi connectivity index (χ0n) is 36.7. The summed E-state index contributed by atoms with van der Waals surface area (Å²) in [6.07, 6.45) is 0. The van der Waals surface area contributed by atoms with Crippen molar-refractivity contribution in [2.45, 2.75) is 19.3 Å². The molecule has 0 atom stereocenters. The van der Waals surface area contributed by atoms with Crippen LogP contribution in [-0.2, 0) is 5.41 Å². The third kappa shape index (κ3) is 5.26. The van der Waals surface area contributed by atoms with Crippen LogP contribution in [0.5, 0.6) is 0 Å². The van der Waals surface area contributed by atoms with Crippen LogP contribution in [0.25, 0.3) is 130 Å². The first-order valence-electron chi connectivity index (χ1n) is 23.1. The van der Waals surface area contributed by atoms with Crippen molar-refractivity contribution in [3.05, 3.63) is 230 Å². The maximum atomic E-state index is 2.47. The van der Waals surface area contributed by atoms with Gasteiger partial charge in [0.1, 0.15) is 0 Å². The summed E-state index contributed by atoms with van der Waals surface area (Å²) in [5, 5.41) is 15.4. The number of benzene rings is 12. The molecule has 0 saturated heterocycles. The van der Waals surface area contributed by atoms with E-state index in [1.54, 1.807) is 0 Å². The summed E-state index contributed by atoms with van der Waals surface area (Å²) in [5.41, 5.74) is 15.6. The minimum Gasteiger partial charge on any atom is -0.134 e. The summed E-state index contributed by atoms with van der Waals surface area (Å²) in [6.45, 7) is 4.83. The molecule has 0 unspecified atom stereocenters. The fourth-order valence-corrected chi connectivity index (χ4v) is 13.3. The van der Waals surface area contributed by atoms with E-state index in [1.807, 2.05) is 11.3 Å². The molecule has 0 amide bonds. The van der Waals surface area contributed by atoms with E-state index in [0.717, 1.165) is 0 Å². The van der Waals surface area contributed by atoms with Gasteiger partial charge in [0.25, 0.3) is 0 Å². The molecule has 14 rings (SSSR count). The Hall–Kier alpha value is -7.84. The smallest absolute Gasteiger partial charge is 0.0440 e. The molecule has 1 heteroatoms. The van der Waals surface area contributed by atoms with E-state index in [0.29, 0.717) is 0 Å². The Labute approximate surface area is 387 Å². The van der Waals surface area contributed by atoms with Crippen molar-refractivity contribution >= 4 is 85.4 Å². The Morgan fingerprint density at radius 1 is 0.318 bits per heavy atom. The first-order valence-corrected chi connectivity index (χ1v) is 23.9. The van der Waals surface area contributed by atoms with Crippen LogP contribution < -0.4 is 0 Å². The van der Waals surface area contributed by atoms with Crippen LogP contribution >= 0.6 is 11.3 Å². The standard InChI is InChI=1S/C65H42S/c1-65(2)57-32-14-13-26-48(57)55-35-36-58-62(63(55)65)56-38-41-18-4-6-23-45(41)61(64(56)66-58)54-34-33-53(46-24-7-8-25-47(46)54)60-51-29-11-9-27-49(51)59(50-28-10-12-30-52(50)60)42-21-15-20-40(37-42)44-31-16-19-39-17-3-5-22-43(39)44/h3-38H,1-2H3. The minimum atomic E-state index is -0.111. The van der Waals surface area contributed by atoms with Crippen molar-refractivity contribution in [3.8, 4) is 55.6 Å². The molecule has 0 fully saturated rings. The fraction of sp³-hybridized carbons (Fsp3) is 0.0462. The first-order chi connectivity index (χ1) is 32.5. The lowest BCUT2D eigenvalue weighted by atomic mass is 9.80. The first kappa shape index (κ1) is 37.5. The average Bonchev–Trinajstić information content (AvgIpc) is 3.85. The molecule has 308 valence electrons. The largest absolute Gasteiger partial charge is 0.134 e. The third-order valence-corrected chi connectivity index (χ3v) is 16.0. The van der Waals surface area contributed by atoms with E-state index in [2.05, 4.69) is 232 Å². The lowest BCUT2D eigenvalue weighted by Gasteiger charge is -2.22. The number of hydrogen-bond donors (Lipinski definition) is 0. The van der Waals surface area contributed by atoms with E-state index in [1.165, 1.54) is 141 Å². The van der Waals surface area contributed by atoms with E-state index in [4.69, 9.17) is 0 Å². The summed E-state index contributed by atoms with van der Waals surface area (Å²) in [7, 11) is 0. The molecule has 1 aliphatic rings. The van der Waals surface area contributed by atoms with E-state index in [9.17, 15) is 0 Å². The van der Waals surface area contributed by atoms with Gasteiger partial charge in [0.2, 0.25) is 0 Å². The van der Waals surface area contributed by atoms with E-state index >= 15 is 0 Å². The normalized spacial score (nSPS) is 13.1. The summed E-state index contributed by atoms with van der Waals surface area (Å²) in [4.78, 5) is 0. The summed E-state index contributed by atoms with van der Waals surface area (Å²) >= 11 is 1.96.